The highest BCUT2D eigenvalue weighted by atomic mass is 35.5. The number of amides is 4. The van der Waals surface area contributed by atoms with E-state index in [1.807, 2.05) is 0 Å². The minimum absolute atomic E-state index is 0.0539. The lowest BCUT2D eigenvalue weighted by atomic mass is 9.49. The minimum Gasteiger partial charge on any atom is -0.508 e. The zero-order valence-corrected chi connectivity index (χ0v) is 31.6. The summed E-state index contributed by atoms with van der Waals surface area (Å²) < 4.78 is 85.6. The van der Waals surface area contributed by atoms with E-state index in [0.717, 1.165) is 29.2 Å². The van der Waals surface area contributed by atoms with E-state index in [4.69, 9.17) is 23.2 Å². The van der Waals surface area contributed by atoms with Gasteiger partial charge in [0.25, 0.3) is 11.8 Å². The number of hydrogen-bond donors (Lipinski definition) is 3. The maximum absolute atomic E-state index is 15.3. The van der Waals surface area contributed by atoms with Crippen LogP contribution in [0.5, 0.6) is 11.5 Å². The summed E-state index contributed by atoms with van der Waals surface area (Å²) in [4.78, 5) is 75.0. The van der Waals surface area contributed by atoms with Gasteiger partial charge in [0.05, 0.1) is 45.0 Å². The number of allylic oxidation sites excluding steroid dienone is 2. The summed E-state index contributed by atoms with van der Waals surface area (Å²) in [6, 6.07) is 13.7. The third-order valence-corrected chi connectivity index (χ3v) is 12.0. The average molecular weight is 876 g/mol. The van der Waals surface area contributed by atoms with E-state index < -0.39 is 105 Å². The van der Waals surface area contributed by atoms with Crippen molar-refractivity contribution in [2.24, 2.45) is 23.7 Å². The van der Waals surface area contributed by atoms with Gasteiger partial charge in [-0.1, -0.05) is 53.1 Å². The van der Waals surface area contributed by atoms with E-state index >= 15 is 4.79 Å². The van der Waals surface area contributed by atoms with Crippen molar-refractivity contribution in [3.8, 4) is 11.5 Å². The van der Waals surface area contributed by atoms with E-state index in [2.05, 4.69) is 15.1 Å². The molecule has 6 atom stereocenters. The van der Waals surface area contributed by atoms with Crippen LogP contribution in [0.4, 0.5) is 37.8 Å². The predicted molar refractivity (Wildman–Crippen MR) is 198 cm³/mol. The Labute approximate surface area is 343 Å². The van der Waals surface area contributed by atoms with Crippen molar-refractivity contribution in [3.05, 3.63) is 123 Å². The van der Waals surface area contributed by atoms with Crippen LogP contribution in [0.2, 0.25) is 10.0 Å². The summed E-state index contributed by atoms with van der Waals surface area (Å²) in [5, 5.41) is 21.1. The number of alkyl halides is 6. The van der Waals surface area contributed by atoms with Crippen LogP contribution in [0.1, 0.15) is 45.8 Å². The van der Waals surface area contributed by atoms with E-state index in [9.17, 15) is 55.7 Å². The molecule has 2 aliphatic heterocycles. The van der Waals surface area contributed by atoms with Crippen molar-refractivity contribution in [2.75, 3.05) is 10.3 Å². The Kier molecular flexibility index (Phi) is 9.65. The minimum atomic E-state index is -5.22. The zero-order valence-electron chi connectivity index (χ0n) is 30.1. The number of carboxylic acids is 1. The molecule has 0 bridgehead atoms. The first-order valence-corrected chi connectivity index (χ1v) is 18.6. The van der Waals surface area contributed by atoms with E-state index in [1.54, 1.807) is 0 Å². The quantitative estimate of drug-likeness (QED) is 0.0944. The van der Waals surface area contributed by atoms with Crippen LogP contribution in [0, 0.1) is 23.7 Å². The number of benzene rings is 3. The van der Waals surface area contributed by atoms with Gasteiger partial charge in [-0.15, -0.1) is 13.2 Å². The molecular weight excluding hydrogens is 849 g/mol. The fraction of sp³-hybridized carbons (Fsp3) is 0.250. The highest BCUT2D eigenvalue weighted by molar-refractivity contribution is 6.33. The number of imide groups is 2. The molecule has 3 N–H and O–H groups in total. The lowest BCUT2D eigenvalue weighted by Gasteiger charge is -2.50. The number of rotatable bonds is 7. The first kappa shape index (κ1) is 40.6. The number of carbonyl (C=O) groups is 5. The first-order chi connectivity index (χ1) is 28.2. The summed E-state index contributed by atoms with van der Waals surface area (Å²) in [6.07, 6.45) is -8.66. The van der Waals surface area contributed by atoms with Crippen molar-refractivity contribution >= 4 is 64.3 Å². The molecule has 4 aliphatic rings. The summed E-state index contributed by atoms with van der Waals surface area (Å²) in [5.41, 5.74) is -1.38. The number of nitrogens with zero attached hydrogens (tertiary/aromatic N) is 3. The van der Waals surface area contributed by atoms with Crippen LogP contribution in [0.25, 0.3) is 0 Å². The van der Waals surface area contributed by atoms with E-state index in [1.165, 1.54) is 48.5 Å². The van der Waals surface area contributed by atoms with Crippen molar-refractivity contribution < 1.29 is 65.3 Å². The SMILES string of the molecule is O=C(O)c1cccc(N2C(=O)[C@H]3[C@H](CC=C4[C@H]3C[C@H]3C(=O)N(Nc5ncc(C(F)(F)F)cc5Cl)C(=O)[C@@]3(c3ccc(Cl)cc3)[C@H]4c3cc(OC(F)(F)F)ccc3O)C2=O)c1. The van der Waals surface area contributed by atoms with Gasteiger partial charge in [-0.25, -0.2) is 9.78 Å². The van der Waals surface area contributed by atoms with Crippen molar-refractivity contribution in [3.63, 3.8) is 0 Å². The maximum atomic E-state index is 15.3. The zero-order chi connectivity index (χ0) is 43.2. The van der Waals surface area contributed by atoms with Crippen LogP contribution in [0.15, 0.2) is 90.6 Å². The van der Waals surface area contributed by atoms with Gasteiger partial charge in [-0.05, 0) is 78.9 Å². The number of hydrogen-bond acceptors (Lipinski definition) is 9. The fourth-order valence-corrected chi connectivity index (χ4v) is 9.46. The number of phenols is 1. The molecule has 8 rings (SSSR count). The van der Waals surface area contributed by atoms with Gasteiger partial charge < -0.3 is 14.9 Å². The average Bonchev–Trinajstić information content (AvgIpc) is 3.56. The molecule has 1 saturated carbocycles. The second kappa shape index (κ2) is 14.3. The summed E-state index contributed by atoms with van der Waals surface area (Å²) in [7, 11) is 0. The molecule has 3 heterocycles. The highest BCUT2D eigenvalue weighted by Gasteiger charge is 2.71. The number of carboxylic acid groups (broad SMARTS) is 1. The molecule has 4 amide bonds. The lowest BCUT2D eigenvalue weighted by Crippen LogP contribution is -2.53. The monoisotopic (exact) mass is 874 g/mol. The second-order valence-corrected chi connectivity index (χ2v) is 15.4. The first-order valence-electron chi connectivity index (χ1n) is 17.9. The maximum Gasteiger partial charge on any atom is 0.573 e. The van der Waals surface area contributed by atoms with Crippen molar-refractivity contribution in [1.29, 1.82) is 0 Å². The van der Waals surface area contributed by atoms with Crippen LogP contribution in [0.3, 0.4) is 0 Å². The molecule has 3 aromatic carbocycles. The third kappa shape index (κ3) is 6.48. The summed E-state index contributed by atoms with van der Waals surface area (Å²) in [5.74, 6) is -13.6. The smallest absolute Gasteiger partial charge is 0.508 e. The number of aromatic hydroxyl groups is 1. The topological polar surface area (TPSA) is 166 Å². The van der Waals surface area contributed by atoms with Gasteiger partial charge >= 0.3 is 18.5 Å². The molecule has 2 aliphatic carbocycles. The predicted octanol–water partition coefficient (Wildman–Crippen LogP) is 7.90. The number of pyridine rings is 1. The second-order valence-electron chi connectivity index (χ2n) is 14.6. The van der Waals surface area contributed by atoms with E-state index in [-0.39, 0.29) is 45.8 Å². The molecule has 0 spiro atoms. The number of halogens is 8. The van der Waals surface area contributed by atoms with Gasteiger partial charge in [0, 0.05) is 22.7 Å². The Balaban J connectivity index is 1.33. The lowest BCUT2D eigenvalue weighted by molar-refractivity contribution is -0.274. The molecule has 0 radical (unpaired) electrons. The number of carbonyl (C=O) groups excluding carboxylic acids is 4. The normalized spacial score (nSPS) is 25.1. The number of ether oxygens (including phenoxy) is 1. The van der Waals surface area contributed by atoms with Crippen LogP contribution < -0.4 is 15.1 Å². The summed E-state index contributed by atoms with van der Waals surface area (Å²) in [6.45, 7) is 0. The molecule has 3 fully saturated rings. The molecule has 310 valence electrons. The Hall–Kier alpha value is -6.14. The molecule has 4 aromatic rings. The Morgan fingerprint density at radius 1 is 0.900 bits per heavy atom. The molecular formula is C40H26Cl2F6N4O8. The summed E-state index contributed by atoms with van der Waals surface area (Å²) >= 11 is 12.4. The van der Waals surface area contributed by atoms with Crippen LogP contribution in [-0.4, -0.2) is 56.2 Å². The molecule has 20 heteroatoms. The van der Waals surface area contributed by atoms with Gasteiger partial charge in [0.15, 0.2) is 5.82 Å². The highest BCUT2D eigenvalue weighted by Crippen LogP contribution is 2.65. The number of hydrazine groups is 1. The van der Waals surface area contributed by atoms with Crippen LogP contribution in [-0.2, 0) is 30.8 Å². The number of fused-ring (bicyclic) bond motifs is 4. The standard InChI is InChI=1S/C40H26Cl2F6N4O8/c41-20-6-4-18(5-7-20)38-27(34(55)52(37(38)59)50-32-28(42)13-19(16-49-32)39(43,44)45)15-25-23(31(38)26-14-22(8-11-29(26)53)60-40(46,47)48)9-10-24-30(25)35(56)51(33(24)54)21-3-1-2-17(12-21)36(57)58/h1-9,11-14,16,24-25,27,30-31,53H,10,15H2,(H,49,50)(H,57,58)/t24-,25+,27-,30-,31+,38+/m0/s1. The third-order valence-electron chi connectivity index (χ3n) is 11.5. The Morgan fingerprint density at radius 3 is 2.27 bits per heavy atom. The van der Waals surface area contributed by atoms with Gasteiger partial charge in [0.1, 0.15) is 11.5 Å². The molecule has 1 aromatic heterocycles. The molecule has 12 nitrogen and oxygen atoms in total. The van der Waals surface area contributed by atoms with Gasteiger partial charge in [0.2, 0.25) is 11.8 Å². The molecule has 0 unspecified atom stereocenters. The van der Waals surface area contributed by atoms with E-state index in [0.29, 0.717) is 17.3 Å². The van der Waals surface area contributed by atoms with Gasteiger partial charge in [-0.3, -0.25) is 29.5 Å². The Bertz CT molecular complexity index is 2550. The molecule has 2 saturated heterocycles. The Morgan fingerprint density at radius 2 is 1.62 bits per heavy atom. The number of aromatic carboxylic acids is 1. The van der Waals surface area contributed by atoms with Crippen molar-refractivity contribution in [1.82, 2.24) is 9.99 Å². The number of anilines is 2. The van der Waals surface area contributed by atoms with Gasteiger partial charge in [-0.2, -0.15) is 18.2 Å². The number of aromatic nitrogens is 1. The number of phenolic OH excluding ortho intramolecular Hbond substituents is 1. The fourth-order valence-electron chi connectivity index (χ4n) is 9.12. The van der Waals surface area contributed by atoms with Crippen LogP contribution >= 0.6 is 23.2 Å². The molecule has 60 heavy (non-hydrogen) atoms. The largest absolute Gasteiger partial charge is 0.573 e. The number of nitrogens with one attached hydrogen (secondary N) is 1. The van der Waals surface area contributed by atoms with Crippen molar-refractivity contribution in [2.45, 2.75) is 36.7 Å².